The zero-order chi connectivity index (χ0) is 13.2. The molecule has 0 spiro atoms. The molecule has 2 rings (SSSR count). The first-order valence-electron chi connectivity index (χ1n) is 5.92. The summed E-state index contributed by atoms with van der Waals surface area (Å²) in [7, 11) is -2.00. The predicted octanol–water partition coefficient (Wildman–Crippen LogP) is 1.30. The summed E-state index contributed by atoms with van der Waals surface area (Å²) in [6.45, 7) is 0. The predicted molar refractivity (Wildman–Crippen MR) is 71.4 cm³/mol. The van der Waals surface area contributed by atoms with Crippen molar-refractivity contribution in [3.05, 3.63) is 11.4 Å². The highest BCUT2D eigenvalue weighted by molar-refractivity contribution is 7.91. The van der Waals surface area contributed by atoms with Gasteiger partial charge in [-0.05, 0) is 37.1 Å². The Hall–Kier alpha value is -0.630. The Morgan fingerprint density at radius 1 is 1.39 bits per heavy atom. The lowest BCUT2D eigenvalue weighted by Crippen LogP contribution is -2.40. The van der Waals surface area contributed by atoms with Crippen molar-refractivity contribution in [3.8, 4) is 5.75 Å². The molecule has 1 fully saturated rings. The summed E-state index contributed by atoms with van der Waals surface area (Å²) in [6, 6.07) is 1.86. The van der Waals surface area contributed by atoms with Gasteiger partial charge in [-0.2, -0.15) is 0 Å². The van der Waals surface area contributed by atoms with Gasteiger partial charge in [0.05, 0.1) is 7.11 Å². The second-order valence-electron chi connectivity index (χ2n) is 4.51. The topological polar surface area (TPSA) is 81.4 Å². The lowest BCUT2D eigenvalue weighted by molar-refractivity contribution is 0.372. The molecule has 1 heterocycles. The lowest BCUT2D eigenvalue weighted by Gasteiger charge is -2.26. The van der Waals surface area contributed by atoms with Crippen LogP contribution in [0.4, 0.5) is 0 Å². The SMILES string of the molecule is COc1ccsc1S(=O)(=O)NC1CCC(N)CC1. The van der Waals surface area contributed by atoms with Crippen LogP contribution < -0.4 is 15.2 Å². The molecule has 0 bridgehead atoms. The molecule has 5 nitrogen and oxygen atoms in total. The third-order valence-electron chi connectivity index (χ3n) is 3.15. The van der Waals surface area contributed by atoms with Crippen molar-refractivity contribution in [2.24, 2.45) is 5.73 Å². The number of ether oxygens (including phenoxy) is 1. The van der Waals surface area contributed by atoms with E-state index in [9.17, 15) is 8.42 Å². The molecule has 1 aromatic rings. The summed E-state index contributed by atoms with van der Waals surface area (Å²) in [6.07, 6.45) is 3.34. The van der Waals surface area contributed by atoms with Crippen molar-refractivity contribution in [1.29, 1.82) is 0 Å². The van der Waals surface area contributed by atoms with E-state index in [1.807, 2.05) is 0 Å². The van der Waals surface area contributed by atoms with Gasteiger partial charge in [-0.25, -0.2) is 13.1 Å². The second kappa shape index (κ2) is 5.56. The highest BCUT2D eigenvalue weighted by Gasteiger charge is 2.27. The highest BCUT2D eigenvalue weighted by Crippen LogP contribution is 2.30. The van der Waals surface area contributed by atoms with Gasteiger partial charge in [-0.3, -0.25) is 0 Å². The zero-order valence-electron chi connectivity index (χ0n) is 10.3. The summed E-state index contributed by atoms with van der Waals surface area (Å²) in [5.41, 5.74) is 5.81. The van der Waals surface area contributed by atoms with E-state index in [4.69, 9.17) is 10.5 Å². The van der Waals surface area contributed by atoms with Gasteiger partial charge in [0, 0.05) is 12.1 Å². The van der Waals surface area contributed by atoms with Gasteiger partial charge in [0.25, 0.3) is 10.0 Å². The monoisotopic (exact) mass is 290 g/mol. The van der Waals surface area contributed by atoms with Crippen LogP contribution in [0.5, 0.6) is 5.75 Å². The minimum absolute atomic E-state index is 0.0124. The third kappa shape index (κ3) is 3.03. The molecule has 0 unspecified atom stereocenters. The molecule has 102 valence electrons. The first-order chi connectivity index (χ1) is 8.53. The van der Waals surface area contributed by atoms with Gasteiger partial charge in [-0.15, -0.1) is 11.3 Å². The maximum absolute atomic E-state index is 12.2. The molecule has 1 aromatic heterocycles. The van der Waals surface area contributed by atoms with Crippen LogP contribution in [-0.4, -0.2) is 27.6 Å². The molecule has 1 saturated carbocycles. The summed E-state index contributed by atoms with van der Waals surface area (Å²) < 4.78 is 32.5. The van der Waals surface area contributed by atoms with Gasteiger partial charge in [0.1, 0.15) is 5.75 Å². The minimum Gasteiger partial charge on any atom is -0.494 e. The first kappa shape index (κ1) is 13.8. The largest absolute Gasteiger partial charge is 0.494 e. The van der Waals surface area contributed by atoms with Crippen LogP contribution in [0.2, 0.25) is 0 Å². The van der Waals surface area contributed by atoms with Crippen LogP contribution in [0.3, 0.4) is 0 Å². The normalized spacial score (nSPS) is 25.0. The zero-order valence-corrected chi connectivity index (χ0v) is 11.9. The van der Waals surface area contributed by atoms with Crippen molar-refractivity contribution in [2.45, 2.75) is 42.0 Å². The summed E-state index contributed by atoms with van der Waals surface area (Å²) >= 11 is 1.17. The van der Waals surface area contributed by atoms with Gasteiger partial charge >= 0.3 is 0 Å². The maximum Gasteiger partial charge on any atom is 0.254 e. The average Bonchev–Trinajstić information content (AvgIpc) is 2.81. The summed E-state index contributed by atoms with van der Waals surface area (Å²) in [4.78, 5) is 0. The van der Waals surface area contributed by atoms with Crippen LogP contribution in [0, 0.1) is 0 Å². The van der Waals surface area contributed by atoms with Crippen molar-refractivity contribution in [2.75, 3.05) is 7.11 Å². The fraction of sp³-hybridized carbons (Fsp3) is 0.636. The fourth-order valence-corrected chi connectivity index (χ4v) is 4.74. The van der Waals surface area contributed by atoms with E-state index in [1.54, 1.807) is 11.4 Å². The second-order valence-corrected chi connectivity index (χ2v) is 7.33. The Labute approximate surface area is 111 Å². The van der Waals surface area contributed by atoms with Gasteiger partial charge in [-0.1, -0.05) is 0 Å². The van der Waals surface area contributed by atoms with Crippen molar-refractivity contribution in [3.63, 3.8) is 0 Å². The molecular weight excluding hydrogens is 272 g/mol. The molecule has 0 radical (unpaired) electrons. The number of nitrogens with one attached hydrogen (secondary N) is 1. The summed E-state index contributed by atoms with van der Waals surface area (Å²) in [5, 5.41) is 1.71. The first-order valence-corrected chi connectivity index (χ1v) is 8.28. The Balaban J connectivity index is 2.08. The van der Waals surface area contributed by atoms with Crippen LogP contribution in [0.15, 0.2) is 15.7 Å². The van der Waals surface area contributed by atoms with Gasteiger partial charge in [0.2, 0.25) is 0 Å². The fourth-order valence-electron chi connectivity index (χ4n) is 2.14. The number of hydrogen-bond acceptors (Lipinski definition) is 5. The number of thiophene rings is 1. The molecule has 18 heavy (non-hydrogen) atoms. The van der Waals surface area contributed by atoms with E-state index in [1.165, 1.54) is 18.4 Å². The van der Waals surface area contributed by atoms with E-state index in [2.05, 4.69) is 4.72 Å². The quantitative estimate of drug-likeness (QED) is 0.876. The maximum atomic E-state index is 12.2. The molecular formula is C11H18N2O3S2. The average molecular weight is 290 g/mol. The van der Waals surface area contributed by atoms with E-state index in [0.29, 0.717) is 5.75 Å². The number of methoxy groups -OCH3 is 1. The van der Waals surface area contributed by atoms with Crippen LogP contribution >= 0.6 is 11.3 Å². The van der Waals surface area contributed by atoms with E-state index < -0.39 is 10.0 Å². The Morgan fingerprint density at radius 3 is 2.67 bits per heavy atom. The minimum atomic E-state index is -3.47. The Bertz CT molecular complexity index is 490. The van der Waals surface area contributed by atoms with Crippen LogP contribution in [0.25, 0.3) is 0 Å². The molecule has 0 aliphatic heterocycles. The summed E-state index contributed by atoms with van der Waals surface area (Å²) in [5.74, 6) is 0.403. The number of sulfonamides is 1. The van der Waals surface area contributed by atoms with E-state index in [0.717, 1.165) is 25.7 Å². The van der Waals surface area contributed by atoms with E-state index in [-0.39, 0.29) is 16.3 Å². The molecule has 1 aliphatic rings. The smallest absolute Gasteiger partial charge is 0.254 e. The molecule has 0 atom stereocenters. The molecule has 0 saturated heterocycles. The lowest BCUT2D eigenvalue weighted by atomic mass is 9.93. The standard InChI is InChI=1S/C11H18N2O3S2/c1-16-10-6-7-17-11(10)18(14,15)13-9-4-2-8(12)3-5-9/h6-9,13H,2-5,12H2,1H3. The van der Waals surface area contributed by atoms with E-state index >= 15 is 0 Å². The highest BCUT2D eigenvalue weighted by atomic mass is 32.2. The molecule has 1 aliphatic carbocycles. The van der Waals surface area contributed by atoms with Crippen molar-refractivity contribution in [1.82, 2.24) is 4.72 Å². The number of hydrogen-bond donors (Lipinski definition) is 2. The molecule has 7 heteroatoms. The van der Waals surface area contributed by atoms with Crippen LogP contribution in [0.1, 0.15) is 25.7 Å². The number of nitrogens with two attached hydrogens (primary N) is 1. The van der Waals surface area contributed by atoms with Crippen molar-refractivity contribution >= 4 is 21.4 Å². The Morgan fingerprint density at radius 2 is 2.06 bits per heavy atom. The van der Waals surface area contributed by atoms with Crippen molar-refractivity contribution < 1.29 is 13.2 Å². The molecule has 0 aromatic carbocycles. The third-order valence-corrected chi connectivity index (χ3v) is 6.12. The number of rotatable bonds is 4. The molecule has 3 N–H and O–H groups in total. The van der Waals surface area contributed by atoms with Gasteiger partial charge in [0.15, 0.2) is 4.21 Å². The van der Waals surface area contributed by atoms with Crippen LogP contribution in [-0.2, 0) is 10.0 Å². The van der Waals surface area contributed by atoms with Gasteiger partial charge < -0.3 is 10.5 Å². The molecule has 0 amide bonds. The Kier molecular flexibility index (Phi) is 4.26.